The fourth-order valence-corrected chi connectivity index (χ4v) is 4.61. The van der Waals surface area contributed by atoms with Crippen LogP contribution in [0.3, 0.4) is 0 Å². The van der Waals surface area contributed by atoms with Crippen molar-refractivity contribution in [3.8, 4) is 0 Å². The Morgan fingerprint density at radius 3 is 2.84 bits per heavy atom. The van der Waals surface area contributed by atoms with E-state index < -0.39 is 5.60 Å². The minimum absolute atomic E-state index is 0.0408. The second-order valence-corrected chi connectivity index (χ2v) is 7.49. The fourth-order valence-electron chi connectivity index (χ4n) is 4.61. The first kappa shape index (κ1) is 17.0. The number of hydrogen-bond donors (Lipinski definition) is 0. The van der Waals surface area contributed by atoms with Gasteiger partial charge in [-0.05, 0) is 14.0 Å². The van der Waals surface area contributed by atoms with Gasteiger partial charge in [-0.3, -0.25) is 9.59 Å². The quantitative estimate of drug-likeness (QED) is 0.498. The average molecular weight is 349 g/mol. The van der Waals surface area contributed by atoms with Gasteiger partial charge in [0, 0.05) is 39.3 Å². The van der Waals surface area contributed by atoms with Crippen LogP contribution in [0.1, 0.15) is 6.92 Å². The fraction of sp³-hybridized carbons (Fsp3) is 0.778. The van der Waals surface area contributed by atoms with Crippen molar-refractivity contribution < 1.29 is 19.1 Å². The average Bonchev–Trinajstić information content (AvgIpc) is 3.24. The lowest BCUT2D eigenvalue weighted by molar-refractivity contribution is -0.144. The Bertz CT molecular complexity index is 587. The third-order valence-corrected chi connectivity index (χ3v) is 5.99. The molecule has 0 unspecified atom stereocenters. The smallest absolute Gasteiger partial charge is 0.230 e. The first-order chi connectivity index (χ1) is 12.1. The Morgan fingerprint density at radius 1 is 1.36 bits per heavy atom. The van der Waals surface area contributed by atoms with E-state index in [1.807, 2.05) is 24.0 Å². The number of likely N-dealkylation sites (tertiary alicyclic amines) is 1. The van der Waals surface area contributed by atoms with E-state index in [9.17, 15) is 9.59 Å². The minimum atomic E-state index is -0.610. The van der Waals surface area contributed by atoms with Crippen molar-refractivity contribution in [2.45, 2.75) is 18.6 Å². The predicted molar refractivity (Wildman–Crippen MR) is 90.9 cm³/mol. The Morgan fingerprint density at radius 2 is 2.12 bits per heavy atom. The van der Waals surface area contributed by atoms with Gasteiger partial charge in [0.2, 0.25) is 11.8 Å². The van der Waals surface area contributed by atoms with Crippen LogP contribution in [-0.2, 0) is 19.1 Å². The SMILES string of the molecule is CCOCCN1C[C@]23C=C[C@H](O2)[C@@H](C(=O)N2CCN(C)CC2)[C@@H]3C1=O. The van der Waals surface area contributed by atoms with Crippen LogP contribution in [0.15, 0.2) is 12.2 Å². The molecule has 25 heavy (non-hydrogen) atoms. The summed E-state index contributed by atoms with van der Waals surface area (Å²) in [7, 11) is 2.07. The molecule has 3 saturated heterocycles. The van der Waals surface area contributed by atoms with Gasteiger partial charge in [0.05, 0.1) is 31.1 Å². The molecule has 0 aromatic rings. The van der Waals surface area contributed by atoms with Crippen molar-refractivity contribution in [2.75, 3.05) is 59.5 Å². The highest BCUT2D eigenvalue weighted by Gasteiger charge is 2.67. The third kappa shape index (κ3) is 2.69. The van der Waals surface area contributed by atoms with E-state index in [0.29, 0.717) is 26.3 Å². The summed E-state index contributed by atoms with van der Waals surface area (Å²) in [6, 6.07) is 0. The molecule has 4 aliphatic rings. The van der Waals surface area contributed by atoms with Crippen LogP contribution in [0, 0.1) is 11.8 Å². The van der Waals surface area contributed by atoms with E-state index in [1.54, 1.807) is 4.90 Å². The highest BCUT2D eigenvalue weighted by Crippen LogP contribution is 2.52. The van der Waals surface area contributed by atoms with Crippen molar-refractivity contribution in [3.63, 3.8) is 0 Å². The molecule has 0 aromatic carbocycles. The van der Waals surface area contributed by atoms with E-state index in [0.717, 1.165) is 26.2 Å². The number of carbonyl (C=O) groups is 2. The normalized spacial score (nSPS) is 37.2. The van der Waals surface area contributed by atoms with Gasteiger partial charge < -0.3 is 24.2 Å². The molecule has 2 amide bonds. The number of ether oxygens (including phenoxy) is 2. The number of nitrogens with zero attached hydrogens (tertiary/aromatic N) is 3. The van der Waals surface area contributed by atoms with E-state index in [4.69, 9.17) is 9.47 Å². The van der Waals surface area contributed by atoms with Crippen LogP contribution in [0.25, 0.3) is 0 Å². The molecule has 0 aromatic heterocycles. The standard InChI is InChI=1S/C18H27N3O4/c1-3-24-11-10-21-12-18-5-4-13(25-18)14(15(18)17(21)23)16(22)20-8-6-19(2)7-9-20/h4-5,13-15H,3,6-12H2,1-2H3/t13-,14+,15+,18-/m0/s1. The maximum absolute atomic E-state index is 13.1. The number of likely N-dealkylation sites (N-methyl/N-ethyl adjacent to an activating group) is 1. The summed E-state index contributed by atoms with van der Waals surface area (Å²) in [5.41, 5.74) is -0.610. The van der Waals surface area contributed by atoms with Crippen molar-refractivity contribution in [3.05, 3.63) is 12.2 Å². The van der Waals surface area contributed by atoms with Crippen LogP contribution < -0.4 is 0 Å². The highest BCUT2D eigenvalue weighted by atomic mass is 16.5. The number of carbonyl (C=O) groups excluding carboxylic acids is 2. The zero-order valence-electron chi connectivity index (χ0n) is 15.0. The molecule has 2 bridgehead atoms. The molecule has 138 valence electrons. The van der Waals surface area contributed by atoms with Gasteiger partial charge in [0.1, 0.15) is 5.60 Å². The van der Waals surface area contributed by atoms with Crippen molar-refractivity contribution >= 4 is 11.8 Å². The van der Waals surface area contributed by atoms with Crippen molar-refractivity contribution in [1.29, 1.82) is 0 Å². The molecule has 4 rings (SSSR count). The number of fused-ring (bicyclic) bond motifs is 1. The Balaban J connectivity index is 1.50. The largest absolute Gasteiger partial charge is 0.380 e. The Kier molecular flexibility index (Phi) is 4.33. The number of hydrogen-bond acceptors (Lipinski definition) is 5. The molecule has 4 heterocycles. The van der Waals surface area contributed by atoms with Gasteiger partial charge >= 0.3 is 0 Å². The van der Waals surface area contributed by atoms with E-state index >= 15 is 0 Å². The van der Waals surface area contributed by atoms with Crippen LogP contribution in [0.4, 0.5) is 0 Å². The Hall–Kier alpha value is -1.44. The van der Waals surface area contributed by atoms with E-state index in [-0.39, 0.29) is 29.8 Å². The summed E-state index contributed by atoms with van der Waals surface area (Å²) in [5, 5.41) is 0. The number of rotatable bonds is 5. The van der Waals surface area contributed by atoms with Gasteiger partial charge in [-0.1, -0.05) is 12.2 Å². The zero-order chi connectivity index (χ0) is 17.6. The molecule has 1 spiro atoms. The second kappa shape index (κ2) is 6.37. The number of amides is 2. The summed E-state index contributed by atoms with van der Waals surface area (Å²) in [5.74, 6) is -0.636. The molecule has 0 saturated carbocycles. The molecular weight excluding hydrogens is 322 g/mol. The monoisotopic (exact) mass is 349 g/mol. The van der Waals surface area contributed by atoms with Crippen LogP contribution in [-0.4, -0.2) is 97.7 Å². The maximum atomic E-state index is 13.1. The Labute approximate surface area is 148 Å². The summed E-state index contributed by atoms with van der Waals surface area (Å²) in [6.07, 6.45) is 3.73. The van der Waals surface area contributed by atoms with Gasteiger partial charge in [-0.25, -0.2) is 0 Å². The maximum Gasteiger partial charge on any atom is 0.230 e. The molecule has 7 nitrogen and oxygen atoms in total. The lowest BCUT2D eigenvalue weighted by atomic mass is 9.76. The third-order valence-electron chi connectivity index (χ3n) is 5.99. The molecule has 4 atom stereocenters. The van der Waals surface area contributed by atoms with Crippen LogP contribution in [0.2, 0.25) is 0 Å². The number of piperazine rings is 1. The lowest BCUT2D eigenvalue weighted by Gasteiger charge is -2.35. The van der Waals surface area contributed by atoms with Gasteiger partial charge in [0.15, 0.2) is 0 Å². The van der Waals surface area contributed by atoms with E-state index in [2.05, 4.69) is 11.9 Å². The van der Waals surface area contributed by atoms with E-state index in [1.165, 1.54) is 0 Å². The first-order valence-corrected chi connectivity index (χ1v) is 9.27. The van der Waals surface area contributed by atoms with Crippen molar-refractivity contribution in [1.82, 2.24) is 14.7 Å². The molecule has 0 radical (unpaired) electrons. The van der Waals surface area contributed by atoms with Crippen LogP contribution >= 0.6 is 0 Å². The zero-order valence-corrected chi connectivity index (χ0v) is 15.0. The second-order valence-electron chi connectivity index (χ2n) is 7.49. The highest BCUT2D eigenvalue weighted by molar-refractivity contribution is 5.93. The molecule has 0 aliphatic carbocycles. The minimum Gasteiger partial charge on any atom is -0.380 e. The van der Waals surface area contributed by atoms with Gasteiger partial charge in [0.25, 0.3) is 0 Å². The van der Waals surface area contributed by atoms with Gasteiger partial charge in [-0.2, -0.15) is 0 Å². The summed E-state index contributed by atoms with van der Waals surface area (Å²) < 4.78 is 11.6. The summed E-state index contributed by atoms with van der Waals surface area (Å²) in [4.78, 5) is 32.1. The van der Waals surface area contributed by atoms with Crippen molar-refractivity contribution in [2.24, 2.45) is 11.8 Å². The predicted octanol–water partition coefficient (Wildman–Crippen LogP) is -0.421. The molecule has 4 aliphatic heterocycles. The first-order valence-electron chi connectivity index (χ1n) is 9.27. The van der Waals surface area contributed by atoms with Gasteiger partial charge in [-0.15, -0.1) is 0 Å². The summed E-state index contributed by atoms with van der Waals surface area (Å²) >= 11 is 0. The topological polar surface area (TPSA) is 62.3 Å². The molecule has 0 N–H and O–H groups in total. The molecule has 3 fully saturated rings. The lowest BCUT2D eigenvalue weighted by Crippen LogP contribution is -2.52. The van der Waals surface area contributed by atoms with Crippen LogP contribution in [0.5, 0.6) is 0 Å². The molecule has 7 heteroatoms. The molecular formula is C18H27N3O4. The summed E-state index contributed by atoms with van der Waals surface area (Å²) in [6.45, 7) is 7.40.